The molecule has 0 bridgehead atoms. The number of sulfonamides is 1. The third kappa shape index (κ3) is 3.92. The number of primary amides is 1. The lowest BCUT2D eigenvalue weighted by molar-refractivity contribution is -0.118. The van der Waals surface area contributed by atoms with Crippen LogP contribution in [0.2, 0.25) is 5.02 Å². The molecule has 2 aliphatic rings. The zero-order valence-corrected chi connectivity index (χ0v) is 15.1. The first kappa shape index (κ1) is 17.7. The number of hydrogen-bond donors (Lipinski definition) is 2. The summed E-state index contributed by atoms with van der Waals surface area (Å²) in [5.41, 5.74) is 6.30. The lowest BCUT2D eigenvalue weighted by atomic mass is 9.52. The van der Waals surface area contributed by atoms with Crippen LogP contribution in [0.5, 0.6) is 0 Å². The third-order valence-corrected chi connectivity index (χ3v) is 7.22. The molecular formula is C17H23ClN2O3S. The minimum atomic E-state index is -3.50. The second kappa shape index (κ2) is 6.65. The van der Waals surface area contributed by atoms with Crippen molar-refractivity contribution in [2.75, 3.05) is 5.75 Å². The summed E-state index contributed by atoms with van der Waals surface area (Å²) < 4.78 is 27.7. The van der Waals surface area contributed by atoms with Crippen LogP contribution in [0.4, 0.5) is 0 Å². The highest BCUT2D eigenvalue weighted by atomic mass is 35.5. The molecule has 0 aromatic heterocycles. The van der Waals surface area contributed by atoms with Crippen LogP contribution in [-0.2, 0) is 14.8 Å². The fourth-order valence-corrected chi connectivity index (χ4v) is 5.98. The van der Waals surface area contributed by atoms with Crippen LogP contribution in [-0.4, -0.2) is 20.1 Å². The van der Waals surface area contributed by atoms with Crippen molar-refractivity contribution >= 4 is 27.5 Å². The van der Waals surface area contributed by atoms with Crippen molar-refractivity contribution in [3.8, 4) is 0 Å². The smallest absolute Gasteiger partial charge is 0.219 e. The zero-order chi connectivity index (χ0) is 17.4. The van der Waals surface area contributed by atoms with Crippen LogP contribution in [0, 0.1) is 11.3 Å². The van der Waals surface area contributed by atoms with Crippen molar-refractivity contribution in [2.24, 2.45) is 17.1 Å². The fraction of sp³-hybridized carbons (Fsp3) is 0.588. The molecule has 5 nitrogen and oxygen atoms in total. The van der Waals surface area contributed by atoms with Gasteiger partial charge in [0.05, 0.1) is 11.8 Å². The molecule has 0 unspecified atom stereocenters. The average molecular weight is 371 g/mol. The van der Waals surface area contributed by atoms with Crippen molar-refractivity contribution < 1.29 is 13.2 Å². The molecule has 1 aromatic carbocycles. The Morgan fingerprint density at radius 1 is 1.33 bits per heavy atom. The second-order valence-corrected chi connectivity index (χ2v) is 9.48. The van der Waals surface area contributed by atoms with Crippen molar-refractivity contribution in [3.63, 3.8) is 0 Å². The molecule has 0 aliphatic heterocycles. The molecule has 24 heavy (non-hydrogen) atoms. The number of rotatable bonds is 7. The number of nitrogens with one attached hydrogen (secondary N) is 1. The van der Waals surface area contributed by atoms with Crippen molar-refractivity contribution in [1.82, 2.24) is 4.72 Å². The normalized spacial score (nSPS) is 21.0. The zero-order valence-electron chi connectivity index (χ0n) is 13.5. The molecule has 0 saturated heterocycles. The number of carbonyl (C=O) groups excluding carboxylic acids is 1. The summed E-state index contributed by atoms with van der Waals surface area (Å²) in [5, 5.41) is 0.420. The van der Waals surface area contributed by atoms with Crippen LogP contribution in [0.15, 0.2) is 24.3 Å². The summed E-state index contributed by atoms with van der Waals surface area (Å²) in [7, 11) is -3.50. The molecular weight excluding hydrogens is 348 g/mol. The van der Waals surface area contributed by atoms with Crippen LogP contribution < -0.4 is 10.5 Å². The van der Waals surface area contributed by atoms with Crippen molar-refractivity contribution in [3.05, 3.63) is 34.9 Å². The standard InChI is InChI=1S/C17H23ClN2O3S/c18-14-5-2-1-4-13(14)15(8-16(19)21)20-24(22,23)11-12-9-17(10-12)6-3-7-17/h1-2,4-5,12,15,20H,3,6-11H2,(H2,19,21)/t15-/m1/s1. The van der Waals surface area contributed by atoms with Crippen LogP contribution >= 0.6 is 11.6 Å². The van der Waals surface area contributed by atoms with Crippen LogP contribution in [0.25, 0.3) is 0 Å². The SMILES string of the molecule is NC(=O)C[C@@H](NS(=O)(=O)CC1CC2(CCC2)C1)c1ccccc1Cl. The lowest BCUT2D eigenvalue weighted by Gasteiger charge is -2.54. The summed E-state index contributed by atoms with van der Waals surface area (Å²) in [4.78, 5) is 11.3. The highest BCUT2D eigenvalue weighted by molar-refractivity contribution is 7.89. The van der Waals surface area contributed by atoms with Gasteiger partial charge in [-0.05, 0) is 48.6 Å². The Morgan fingerprint density at radius 3 is 2.54 bits per heavy atom. The van der Waals surface area contributed by atoms with E-state index in [0.717, 1.165) is 12.8 Å². The number of amides is 1. The van der Waals surface area contributed by atoms with Gasteiger partial charge in [-0.1, -0.05) is 36.2 Å². The van der Waals surface area contributed by atoms with Gasteiger partial charge in [-0.3, -0.25) is 4.79 Å². The van der Waals surface area contributed by atoms with Gasteiger partial charge in [-0.2, -0.15) is 0 Å². The highest BCUT2D eigenvalue weighted by Gasteiger charge is 2.49. The molecule has 2 saturated carbocycles. The number of halogens is 1. The van der Waals surface area contributed by atoms with E-state index in [1.807, 2.05) is 0 Å². The first-order valence-electron chi connectivity index (χ1n) is 8.31. The molecule has 1 atom stereocenters. The molecule has 0 heterocycles. The topological polar surface area (TPSA) is 89.3 Å². The summed E-state index contributed by atoms with van der Waals surface area (Å²) in [6.07, 6.45) is 5.63. The van der Waals surface area contributed by atoms with E-state index < -0.39 is 22.0 Å². The monoisotopic (exact) mass is 370 g/mol. The Labute approximate surface area is 148 Å². The number of benzene rings is 1. The first-order valence-corrected chi connectivity index (χ1v) is 10.3. The molecule has 3 rings (SSSR count). The Kier molecular flexibility index (Phi) is 4.91. The molecule has 1 aromatic rings. The Hall–Kier alpha value is -1.11. The van der Waals surface area contributed by atoms with Gasteiger partial charge in [-0.15, -0.1) is 0 Å². The van der Waals surface area contributed by atoms with E-state index in [4.69, 9.17) is 17.3 Å². The maximum atomic E-state index is 12.5. The van der Waals surface area contributed by atoms with E-state index in [-0.39, 0.29) is 18.1 Å². The molecule has 7 heteroatoms. The van der Waals surface area contributed by atoms with E-state index in [9.17, 15) is 13.2 Å². The molecule has 0 radical (unpaired) electrons. The third-order valence-electron chi connectivity index (χ3n) is 5.32. The minimum Gasteiger partial charge on any atom is -0.370 e. The van der Waals surface area contributed by atoms with Gasteiger partial charge in [0.25, 0.3) is 0 Å². The van der Waals surface area contributed by atoms with Crippen LogP contribution in [0.1, 0.15) is 50.1 Å². The predicted molar refractivity (Wildman–Crippen MR) is 93.9 cm³/mol. The van der Waals surface area contributed by atoms with E-state index >= 15 is 0 Å². The minimum absolute atomic E-state index is 0.106. The van der Waals surface area contributed by atoms with Crippen molar-refractivity contribution in [2.45, 2.75) is 44.6 Å². The number of hydrogen-bond acceptors (Lipinski definition) is 3. The predicted octanol–water partition coefficient (Wildman–Crippen LogP) is 2.76. The fourth-order valence-electron chi connectivity index (χ4n) is 4.12. The molecule has 132 valence electrons. The van der Waals surface area contributed by atoms with E-state index in [1.165, 1.54) is 19.3 Å². The quantitative estimate of drug-likeness (QED) is 0.773. The van der Waals surface area contributed by atoms with E-state index in [1.54, 1.807) is 24.3 Å². The van der Waals surface area contributed by atoms with E-state index in [2.05, 4.69) is 4.72 Å². The van der Waals surface area contributed by atoms with Crippen LogP contribution in [0.3, 0.4) is 0 Å². The molecule has 1 amide bonds. The first-order chi connectivity index (χ1) is 11.3. The molecule has 2 fully saturated rings. The van der Waals surface area contributed by atoms with Gasteiger partial charge in [-0.25, -0.2) is 13.1 Å². The van der Waals surface area contributed by atoms with E-state index in [0.29, 0.717) is 16.0 Å². The summed E-state index contributed by atoms with van der Waals surface area (Å²) in [6, 6.07) is 6.18. The Morgan fingerprint density at radius 2 is 2.00 bits per heavy atom. The van der Waals surface area contributed by atoms with Gasteiger partial charge in [0, 0.05) is 11.4 Å². The highest BCUT2D eigenvalue weighted by Crippen LogP contribution is 2.58. The molecule has 3 N–H and O–H groups in total. The van der Waals surface area contributed by atoms with Gasteiger partial charge in [0.15, 0.2) is 0 Å². The lowest BCUT2D eigenvalue weighted by Crippen LogP contribution is -2.46. The number of carbonyl (C=O) groups is 1. The van der Waals surface area contributed by atoms with Gasteiger partial charge >= 0.3 is 0 Å². The second-order valence-electron chi connectivity index (χ2n) is 7.27. The largest absolute Gasteiger partial charge is 0.370 e. The summed E-state index contributed by atoms with van der Waals surface area (Å²) in [5.74, 6) is -0.253. The Balaban J connectivity index is 1.67. The molecule has 1 spiro atoms. The van der Waals surface area contributed by atoms with Gasteiger partial charge < -0.3 is 5.73 Å². The Bertz CT molecular complexity index is 723. The van der Waals surface area contributed by atoms with Crippen molar-refractivity contribution in [1.29, 1.82) is 0 Å². The average Bonchev–Trinajstić information content (AvgIpc) is 2.39. The van der Waals surface area contributed by atoms with Gasteiger partial charge in [0.2, 0.25) is 15.9 Å². The molecule has 2 aliphatic carbocycles. The maximum absolute atomic E-state index is 12.5. The summed E-state index contributed by atoms with van der Waals surface area (Å²) in [6.45, 7) is 0. The number of nitrogens with two attached hydrogens (primary N) is 1. The summed E-state index contributed by atoms with van der Waals surface area (Å²) >= 11 is 6.15. The van der Waals surface area contributed by atoms with Gasteiger partial charge in [0.1, 0.15) is 0 Å². The maximum Gasteiger partial charge on any atom is 0.219 e.